The predicted molar refractivity (Wildman–Crippen MR) is 118 cm³/mol. The molecule has 0 radical (unpaired) electrons. The number of methoxy groups -OCH3 is 2. The Balaban J connectivity index is 1.53. The number of nitrogens with one attached hydrogen (secondary N) is 2. The van der Waals surface area contributed by atoms with Crippen molar-refractivity contribution >= 4 is 22.8 Å². The Morgan fingerprint density at radius 2 is 1.93 bits per heavy atom. The zero-order valence-corrected chi connectivity index (χ0v) is 17.9. The molecule has 0 bridgehead atoms. The lowest BCUT2D eigenvalue weighted by molar-refractivity contribution is -0.117. The molecule has 2 unspecified atom stereocenters. The van der Waals surface area contributed by atoms with Crippen molar-refractivity contribution in [3.8, 4) is 22.6 Å². The van der Waals surface area contributed by atoms with Crippen LogP contribution in [0.3, 0.4) is 0 Å². The minimum Gasteiger partial charge on any atom is -0.496 e. The lowest BCUT2D eigenvalue weighted by Crippen LogP contribution is -2.18. The first-order valence-corrected chi connectivity index (χ1v) is 10.2. The molecule has 1 aliphatic carbocycles. The van der Waals surface area contributed by atoms with E-state index >= 15 is 0 Å². The number of nitrogens with zero attached hydrogens (tertiary/aromatic N) is 2. The molecule has 4 rings (SSSR count). The number of aromatic amines is 1. The topological polar surface area (TPSA) is 79.5 Å². The molecule has 1 aromatic carbocycles. The molecule has 1 aliphatic rings. The van der Waals surface area contributed by atoms with Gasteiger partial charge >= 0.3 is 0 Å². The minimum absolute atomic E-state index is 0.0591. The van der Waals surface area contributed by atoms with Gasteiger partial charge in [0.05, 0.1) is 19.8 Å². The monoisotopic (exact) mass is 408 g/mol. The molecule has 1 saturated carbocycles. The number of ether oxygens (including phenoxy) is 2. The molecule has 3 aromatic rings. The number of hydrogen-bond donors (Lipinski definition) is 2. The summed E-state index contributed by atoms with van der Waals surface area (Å²) in [4.78, 5) is 22.5. The van der Waals surface area contributed by atoms with E-state index in [-0.39, 0.29) is 11.8 Å². The Labute approximate surface area is 176 Å². The highest BCUT2D eigenvalue weighted by Crippen LogP contribution is 2.43. The molecule has 2 heterocycles. The second-order valence-electron chi connectivity index (χ2n) is 8.02. The van der Waals surface area contributed by atoms with Gasteiger partial charge in [-0.25, -0.2) is 4.98 Å². The van der Waals surface area contributed by atoms with Crippen LogP contribution in [0.5, 0.6) is 11.5 Å². The molecule has 7 heteroatoms. The van der Waals surface area contributed by atoms with E-state index in [9.17, 15) is 4.79 Å². The summed E-state index contributed by atoms with van der Waals surface area (Å²) < 4.78 is 11.1. The standard InChI is InChI=1S/C23H28N4O3/c1-27(2)11-10-14-12-16(14)23(28)26-20-9-8-15-17(13-24-22(15)25-20)21-18(29-3)6-5-7-19(21)30-4/h5-9,13-14,16H,10-12H2,1-4H3,(H2,24,25,26,28). The van der Waals surface area contributed by atoms with E-state index in [4.69, 9.17) is 9.47 Å². The van der Waals surface area contributed by atoms with Gasteiger partial charge in [0.25, 0.3) is 0 Å². The Kier molecular flexibility index (Phi) is 5.63. The second kappa shape index (κ2) is 8.36. The number of anilines is 1. The lowest BCUT2D eigenvalue weighted by Gasteiger charge is -2.12. The van der Waals surface area contributed by atoms with E-state index in [0.717, 1.165) is 47.4 Å². The normalized spacial score (nSPS) is 17.9. The maximum atomic E-state index is 12.6. The van der Waals surface area contributed by atoms with Crippen LogP contribution in [0.25, 0.3) is 22.2 Å². The van der Waals surface area contributed by atoms with Crippen molar-refractivity contribution in [1.82, 2.24) is 14.9 Å². The predicted octanol–water partition coefficient (Wildman–Crippen LogP) is 3.77. The highest BCUT2D eigenvalue weighted by Gasteiger charge is 2.42. The first-order valence-electron chi connectivity index (χ1n) is 10.2. The Morgan fingerprint density at radius 3 is 2.60 bits per heavy atom. The third kappa shape index (κ3) is 3.98. The van der Waals surface area contributed by atoms with Crippen LogP contribution in [0.1, 0.15) is 12.8 Å². The van der Waals surface area contributed by atoms with Crippen molar-refractivity contribution in [1.29, 1.82) is 0 Å². The summed E-state index contributed by atoms with van der Waals surface area (Å²) in [5.41, 5.74) is 2.51. The van der Waals surface area contributed by atoms with Gasteiger partial charge in [0.2, 0.25) is 5.91 Å². The van der Waals surface area contributed by atoms with Crippen molar-refractivity contribution in [2.45, 2.75) is 12.8 Å². The van der Waals surface area contributed by atoms with E-state index in [1.807, 2.05) is 36.5 Å². The quantitative estimate of drug-likeness (QED) is 0.593. The lowest BCUT2D eigenvalue weighted by atomic mass is 10.0. The van der Waals surface area contributed by atoms with E-state index in [0.29, 0.717) is 17.4 Å². The maximum Gasteiger partial charge on any atom is 0.228 e. The van der Waals surface area contributed by atoms with Gasteiger partial charge in [-0.15, -0.1) is 0 Å². The first kappa shape index (κ1) is 20.2. The highest BCUT2D eigenvalue weighted by molar-refractivity contribution is 5.99. The fourth-order valence-electron chi connectivity index (χ4n) is 3.93. The fraction of sp³-hybridized carbons (Fsp3) is 0.391. The molecule has 30 heavy (non-hydrogen) atoms. The van der Waals surface area contributed by atoms with E-state index < -0.39 is 0 Å². The second-order valence-corrected chi connectivity index (χ2v) is 8.02. The molecule has 2 N–H and O–H groups in total. The summed E-state index contributed by atoms with van der Waals surface area (Å²) in [6.07, 6.45) is 3.91. The smallest absolute Gasteiger partial charge is 0.228 e. The van der Waals surface area contributed by atoms with Crippen LogP contribution in [-0.4, -0.2) is 55.6 Å². The number of carbonyl (C=O) groups is 1. The number of aromatic nitrogens is 2. The van der Waals surface area contributed by atoms with Gasteiger partial charge in [0.15, 0.2) is 0 Å². The molecule has 7 nitrogen and oxygen atoms in total. The zero-order valence-electron chi connectivity index (χ0n) is 17.9. The van der Waals surface area contributed by atoms with Gasteiger partial charge in [-0.1, -0.05) is 6.07 Å². The molecular formula is C23H28N4O3. The molecule has 0 aliphatic heterocycles. The average molecular weight is 409 g/mol. The number of carbonyl (C=O) groups excluding carboxylic acids is 1. The van der Waals surface area contributed by atoms with E-state index in [1.165, 1.54) is 0 Å². The molecule has 1 amide bonds. The largest absolute Gasteiger partial charge is 0.496 e. The minimum atomic E-state index is 0.0591. The number of fused-ring (bicyclic) bond motifs is 1. The fourth-order valence-corrected chi connectivity index (χ4v) is 3.93. The van der Waals surface area contributed by atoms with Crippen LogP contribution in [0.15, 0.2) is 36.5 Å². The summed E-state index contributed by atoms with van der Waals surface area (Å²) in [5.74, 6) is 2.65. The van der Waals surface area contributed by atoms with Crippen molar-refractivity contribution < 1.29 is 14.3 Å². The van der Waals surface area contributed by atoms with Crippen LogP contribution in [0, 0.1) is 11.8 Å². The zero-order chi connectivity index (χ0) is 21.3. The Morgan fingerprint density at radius 1 is 1.20 bits per heavy atom. The third-order valence-corrected chi connectivity index (χ3v) is 5.69. The average Bonchev–Trinajstić information content (AvgIpc) is 3.42. The van der Waals surface area contributed by atoms with E-state index in [2.05, 4.69) is 34.3 Å². The first-order chi connectivity index (χ1) is 14.5. The van der Waals surface area contributed by atoms with Gasteiger partial charge < -0.3 is 24.7 Å². The number of pyridine rings is 1. The van der Waals surface area contributed by atoms with Gasteiger partial charge in [0, 0.05) is 23.1 Å². The summed E-state index contributed by atoms with van der Waals surface area (Å²) in [7, 11) is 7.40. The van der Waals surface area contributed by atoms with E-state index in [1.54, 1.807) is 14.2 Å². The van der Waals surface area contributed by atoms with Crippen LogP contribution >= 0.6 is 0 Å². The van der Waals surface area contributed by atoms with Gasteiger partial charge in [-0.3, -0.25) is 4.79 Å². The third-order valence-electron chi connectivity index (χ3n) is 5.69. The van der Waals surface area contributed by atoms with Gasteiger partial charge in [-0.05, 0) is 63.7 Å². The summed E-state index contributed by atoms with van der Waals surface area (Å²) in [6.45, 7) is 1.01. The summed E-state index contributed by atoms with van der Waals surface area (Å²) >= 11 is 0. The van der Waals surface area contributed by atoms with Crippen LogP contribution in [-0.2, 0) is 4.79 Å². The molecular weight excluding hydrogens is 380 g/mol. The summed E-state index contributed by atoms with van der Waals surface area (Å²) in [5, 5.41) is 3.91. The number of amides is 1. The maximum absolute atomic E-state index is 12.6. The van der Waals surface area contributed by atoms with Crippen molar-refractivity contribution in [3.63, 3.8) is 0 Å². The van der Waals surface area contributed by atoms with Crippen LogP contribution in [0.4, 0.5) is 5.82 Å². The molecule has 2 aromatic heterocycles. The number of benzene rings is 1. The molecule has 0 spiro atoms. The van der Waals surface area contributed by atoms with Crippen molar-refractivity contribution in [3.05, 3.63) is 36.5 Å². The molecule has 0 saturated heterocycles. The van der Waals surface area contributed by atoms with Crippen molar-refractivity contribution in [2.24, 2.45) is 11.8 Å². The number of hydrogen-bond acceptors (Lipinski definition) is 5. The van der Waals surface area contributed by atoms with Crippen LogP contribution < -0.4 is 14.8 Å². The van der Waals surface area contributed by atoms with Gasteiger partial charge in [-0.2, -0.15) is 0 Å². The highest BCUT2D eigenvalue weighted by atomic mass is 16.5. The summed E-state index contributed by atoms with van der Waals surface area (Å²) in [6, 6.07) is 9.51. The SMILES string of the molecule is COc1cccc(OC)c1-c1c[nH]c2nc(NC(=O)C3CC3CCN(C)C)ccc12. The number of H-pyrrole nitrogens is 1. The molecule has 1 fully saturated rings. The molecule has 158 valence electrons. The Hall–Kier alpha value is -3.06. The Bertz CT molecular complexity index is 1040. The van der Waals surface area contributed by atoms with Gasteiger partial charge in [0.1, 0.15) is 23.0 Å². The van der Waals surface area contributed by atoms with Crippen molar-refractivity contribution in [2.75, 3.05) is 40.2 Å². The van der Waals surface area contributed by atoms with Crippen LogP contribution in [0.2, 0.25) is 0 Å². The number of rotatable bonds is 8. The molecule has 2 atom stereocenters.